The number of nitrogens with one attached hydrogen (secondary N) is 1. The number of aromatic nitrogens is 2. The molecule has 1 N–H and O–H groups in total. The number of halogens is 4. The average molecular weight is 474 g/mol. The highest BCUT2D eigenvalue weighted by Crippen LogP contribution is 2.25. The molecule has 1 aliphatic heterocycles. The monoisotopic (exact) mass is 474 g/mol. The Balaban J connectivity index is 0.00000312. The molecule has 1 aromatic rings. The van der Waals surface area contributed by atoms with E-state index in [2.05, 4.69) is 15.4 Å². The van der Waals surface area contributed by atoms with Gasteiger partial charge in [-0.05, 0) is 19.9 Å². The van der Waals surface area contributed by atoms with Gasteiger partial charge in [0.2, 0.25) is 0 Å². The second-order valence-corrected chi connectivity index (χ2v) is 5.75. The maximum absolute atomic E-state index is 12.8. The summed E-state index contributed by atoms with van der Waals surface area (Å²) < 4.78 is 40.2. The van der Waals surface area contributed by atoms with Crippen molar-refractivity contribution in [3.63, 3.8) is 0 Å². The third-order valence-corrected chi connectivity index (χ3v) is 4.12. The van der Waals surface area contributed by atoms with Crippen LogP contribution >= 0.6 is 24.0 Å². The first-order chi connectivity index (χ1) is 11.4. The molecule has 0 aromatic carbocycles. The van der Waals surface area contributed by atoms with Crippen LogP contribution in [0.5, 0.6) is 0 Å². The maximum Gasteiger partial charge on any atom is 0.403 e. The number of hydrogen-bond donors (Lipinski definition) is 1. The van der Waals surface area contributed by atoms with E-state index in [1.54, 1.807) is 10.9 Å². The van der Waals surface area contributed by atoms with E-state index < -0.39 is 12.2 Å². The first kappa shape index (κ1) is 22.0. The van der Waals surface area contributed by atoms with Crippen LogP contribution in [-0.4, -0.2) is 77.0 Å². The number of alkyl halides is 3. The lowest BCUT2D eigenvalue weighted by Crippen LogP contribution is -2.56. The lowest BCUT2D eigenvalue weighted by Gasteiger charge is -2.39. The molecule has 0 bridgehead atoms. The van der Waals surface area contributed by atoms with Crippen LogP contribution in [0.2, 0.25) is 0 Å². The fourth-order valence-electron chi connectivity index (χ4n) is 2.64. The highest BCUT2D eigenvalue weighted by atomic mass is 127. The van der Waals surface area contributed by atoms with Crippen LogP contribution in [0.25, 0.3) is 0 Å². The quantitative estimate of drug-likeness (QED) is 0.403. The van der Waals surface area contributed by atoms with E-state index in [-0.39, 0.29) is 24.0 Å². The summed E-state index contributed by atoms with van der Waals surface area (Å²) in [6, 6.07) is 0.453. The van der Waals surface area contributed by atoms with Gasteiger partial charge in [-0.2, -0.15) is 18.3 Å². The van der Waals surface area contributed by atoms with Crippen LogP contribution in [-0.2, 0) is 6.54 Å². The Hall–Kier alpha value is -1.04. The average Bonchev–Trinajstić information content (AvgIpc) is 3.06. The number of guanidine groups is 1. The fourth-order valence-corrected chi connectivity index (χ4v) is 2.64. The zero-order valence-corrected chi connectivity index (χ0v) is 16.9. The molecule has 1 fully saturated rings. The van der Waals surface area contributed by atoms with Gasteiger partial charge in [-0.1, -0.05) is 0 Å². The Labute approximate surface area is 163 Å². The third kappa shape index (κ3) is 6.65. The number of nitrogens with zero attached hydrogens (tertiary/aromatic N) is 5. The van der Waals surface area contributed by atoms with Crippen molar-refractivity contribution in [2.45, 2.75) is 32.6 Å². The predicted molar refractivity (Wildman–Crippen MR) is 102 cm³/mol. The highest BCUT2D eigenvalue weighted by Gasteiger charge is 2.41. The van der Waals surface area contributed by atoms with Crippen LogP contribution in [0.4, 0.5) is 13.2 Å². The second-order valence-electron chi connectivity index (χ2n) is 5.75. The van der Waals surface area contributed by atoms with Crippen LogP contribution < -0.4 is 5.32 Å². The molecule has 0 spiro atoms. The number of rotatable bonds is 5. The molecule has 144 valence electrons. The smallest absolute Gasteiger partial charge is 0.357 e. The van der Waals surface area contributed by atoms with Crippen molar-refractivity contribution in [1.82, 2.24) is 24.9 Å². The molecule has 10 heteroatoms. The second kappa shape index (κ2) is 10.2. The van der Waals surface area contributed by atoms with E-state index in [1.807, 2.05) is 24.1 Å². The molecule has 2 rings (SSSR count). The molecular formula is C15H26F3IN6. The molecule has 0 aliphatic carbocycles. The molecule has 1 unspecified atom stereocenters. The van der Waals surface area contributed by atoms with E-state index >= 15 is 0 Å². The van der Waals surface area contributed by atoms with Crippen molar-refractivity contribution >= 4 is 29.9 Å². The summed E-state index contributed by atoms with van der Waals surface area (Å²) in [5.41, 5.74) is 0. The molecule has 2 heterocycles. The van der Waals surface area contributed by atoms with E-state index in [4.69, 9.17) is 0 Å². The molecule has 1 aliphatic rings. The standard InChI is InChI=1S/C15H25F3N6.HI/c1-3-19-14(20-6-8-24-7-4-5-21-24)23-11-9-22(10-12-23)13(2)15(16,17)18;/h4-5,7,13H,3,6,8-12H2,1-2H3,(H,19,20);1H. The van der Waals surface area contributed by atoms with Gasteiger partial charge in [-0.25, -0.2) is 0 Å². The van der Waals surface area contributed by atoms with Gasteiger partial charge < -0.3 is 10.2 Å². The zero-order valence-electron chi connectivity index (χ0n) is 14.5. The summed E-state index contributed by atoms with van der Waals surface area (Å²) >= 11 is 0. The van der Waals surface area contributed by atoms with Crippen LogP contribution in [0.1, 0.15) is 13.8 Å². The predicted octanol–water partition coefficient (Wildman–Crippen LogP) is 2.03. The molecular weight excluding hydrogens is 448 g/mol. The van der Waals surface area contributed by atoms with Crippen molar-refractivity contribution < 1.29 is 13.2 Å². The minimum Gasteiger partial charge on any atom is -0.357 e. The van der Waals surface area contributed by atoms with E-state index in [1.165, 1.54) is 11.8 Å². The minimum absolute atomic E-state index is 0. The third-order valence-electron chi connectivity index (χ3n) is 4.12. The normalized spacial score (nSPS) is 18.0. The summed E-state index contributed by atoms with van der Waals surface area (Å²) in [6.45, 7) is 7.00. The topological polar surface area (TPSA) is 48.7 Å². The van der Waals surface area contributed by atoms with Crippen molar-refractivity contribution in [3.05, 3.63) is 18.5 Å². The van der Waals surface area contributed by atoms with Crippen molar-refractivity contribution in [1.29, 1.82) is 0 Å². The Kier molecular flexibility index (Phi) is 8.97. The van der Waals surface area contributed by atoms with Gasteiger partial charge in [0.1, 0.15) is 6.04 Å². The first-order valence-corrected chi connectivity index (χ1v) is 8.23. The Morgan fingerprint density at radius 3 is 2.48 bits per heavy atom. The van der Waals surface area contributed by atoms with Gasteiger partial charge in [0.05, 0.1) is 13.1 Å². The first-order valence-electron chi connectivity index (χ1n) is 8.23. The Bertz CT molecular complexity index is 512. The molecule has 1 atom stereocenters. The van der Waals surface area contributed by atoms with Crippen LogP contribution in [0.15, 0.2) is 23.5 Å². The van der Waals surface area contributed by atoms with Gasteiger partial charge in [0.15, 0.2) is 5.96 Å². The van der Waals surface area contributed by atoms with Crippen LogP contribution in [0.3, 0.4) is 0 Å². The molecule has 1 saturated heterocycles. The molecule has 1 aromatic heterocycles. The number of aliphatic imine (C=N–C) groups is 1. The summed E-state index contributed by atoms with van der Waals surface area (Å²) in [5, 5.41) is 7.34. The molecule has 25 heavy (non-hydrogen) atoms. The summed E-state index contributed by atoms with van der Waals surface area (Å²) in [4.78, 5) is 8.06. The fraction of sp³-hybridized carbons (Fsp3) is 0.733. The summed E-state index contributed by atoms with van der Waals surface area (Å²) in [7, 11) is 0. The van der Waals surface area contributed by atoms with Gasteiger partial charge >= 0.3 is 6.18 Å². The van der Waals surface area contributed by atoms with Gasteiger partial charge in [-0.3, -0.25) is 14.6 Å². The van der Waals surface area contributed by atoms with Gasteiger partial charge in [-0.15, -0.1) is 24.0 Å². The van der Waals surface area contributed by atoms with Crippen molar-refractivity contribution in [2.24, 2.45) is 4.99 Å². The SMILES string of the molecule is CCNC(=NCCn1cccn1)N1CCN(C(C)C(F)(F)F)CC1.I. The molecule has 0 amide bonds. The van der Waals surface area contributed by atoms with Gasteiger partial charge in [0, 0.05) is 45.1 Å². The summed E-state index contributed by atoms with van der Waals surface area (Å²) in [6.07, 6.45) is -0.583. The maximum atomic E-state index is 12.8. The minimum atomic E-state index is -4.18. The summed E-state index contributed by atoms with van der Waals surface area (Å²) in [5.74, 6) is 0.754. The Morgan fingerprint density at radius 2 is 1.96 bits per heavy atom. The van der Waals surface area contributed by atoms with Crippen LogP contribution in [0, 0.1) is 0 Å². The lowest BCUT2D eigenvalue weighted by molar-refractivity contribution is -0.181. The Morgan fingerprint density at radius 1 is 1.28 bits per heavy atom. The van der Waals surface area contributed by atoms with Crippen molar-refractivity contribution in [3.8, 4) is 0 Å². The molecule has 0 saturated carbocycles. The van der Waals surface area contributed by atoms with Gasteiger partial charge in [0.25, 0.3) is 0 Å². The largest absolute Gasteiger partial charge is 0.403 e. The zero-order chi connectivity index (χ0) is 17.6. The van der Waals surface area contributed by atoms with E-state index in [0.29, 0.717) is 39.3 Å². The molecule has 6 nitrogen and oxygen atoms in total. The van der Waals surface area contributed by atoms with E-state index in [0.717, 1.165) is 12.5 Å². The lowest BCUT2D eigenvalue weighted by atomic mass is 10.2. The number of piperazine rings is 1. The molecule has 0 radical (unpaired) electrons. The highest BCUT2D eigenvalue weighted by molar-refractivity contribution is 14.0. The number of hydrogen-bond acceptors (Lipinski definition) is 3. The van der Waals surface area contributed by atoms with E-state index in [9.17, 15) is 13.2 Å². The van der Waals surface area contributed by atoms with Crippen molar-refractivity contribution in [2.75, 3.05) is 39.3 Å².